The minimum atomic E-state index is -0.595. The number of carbonyl (C=O) groups excluding carboxylic acids is 1. The highest BCUT2D eigenvalue weighted by Crippen LogP contribution is 2.29. The summed E-state index contributed by atoms with van der Waals surface area (Å²) in [7, 11) is 0. The molecule has 20 heavy (non-hydrogen) atoms. The molecule has 0 spiro atoms. The number of carbonyl (C=O) groups is 1. The normalized spacial score (nSPS) is 15.1. The fourth-order valence-corrected chi connectivity index (χ4v) is 1.73. The number of ether oxygens (including phenoxy) is 2. The van der Waals surface area contributed by atoms with Crippen LogP contribution in [0.5, 0.6) is 11.5 Å². The molecule has 1 unspecified atom stereocenters. The van der Waals surface area contributed by atoms with E-state index in [4.69, 9.17) is 14.7 Å². The third kappa shape index (κ3) is 3.64. The Kier molecular flexibility index (Phi) is 4.46. The van der Waals surface area contributed by atoms with Gasteiger partial charge in [0, 0.05) is 12.1 Å². The van der Waals surface area contributed by atoms with Crippen molar-refractivity contribution in [2.75, 3.05) is 6.61 Å². The van der Waals surface area contributed by atoms with Gasteiger partial charge < -0.3 is 14.8 Å². The molecule has 1 saturated carbocycles. The lowest BCUT2D eigenvalue weighted by molar-refractivity contribution is -0.127. The average molecular weight is 274 g/mol. The van der Waals surface area contributed by atoms with E-state index in [1.807, 2.05) is 13.0 Å². The smallest absolute Gasteiger partial charge is 0.260 e. The van der Waals surface area contributed by atoms with E-state index in [0.717, 1.165) is 12.8 Å². The van der Waals surface area contributed by atoms with Gasteiger partial charge in [-0.3, -0.25) is 4.79 Å². The second-order valence-electron chi connectivity index (χ2n) is 4.75. The highest BCUT2D eigenvalue weighted by atomic mass is 16.5. The minimum absolute atomic E-state index is 0.126. The van der Waals surface area contributed by atoms with E-state index in [-0.39, 0.29) is 5.91 Å². The molecule has 0 heterocycles. The van der Waals surface area contributed by atoms with Gasteiger partial charge in [0.05, 0.1) is 18.2 Å². The third-order valence-corrected chi connectivity index (χ3v) is 2.97. The van der Waals surface area contributed by atoms with Crippen molar-refractivity contribution in [3.63, 3.8) is 0 Å². The standard InChI is InChI=1S/C15H18N2O3/c1-3-19-14-8-11(9-16)4-7-13(14)20-10(2)15(18)17-12-5-6-12/h4,7-8,10,12H,3,5-6H2,1-2H3,(H,17,18). The Hall–Kier alpha value is -2.22. The predicted octanol–water partition coefficient (Wildman–Crippen LogP) is 2.00. The van der Waals surface area contributed by atoms with Crippen LogP contribution in [0.4, 0.5) is 0 Å². The lowest BCUT2D eigenvalue weighted by Gasteiger charge is -2.17. The van der Waals surface area contributed by atoms with Gasteiger partial charge >= 0.3 is 0 Å². The average Bonchev–Trinajstić information content (AvgIpc) is 3.24. The van der Waals surface area contributed by atoms with Crippen molar-refractivity contribution in [2.45, 2.75) is 38.8 Å². The lowest BCUT2D eigenvalue weighted by atomic mass is 10.2. The largest absolute Gasteiger partial charge is 0.490 e. The van der Waals surface area contributed by atoms with Gasteiger partial charge in [0.25, 0.3) is 5.91 Å². The monoisotopic (exact) mass is 274 g/mol. The van der Waals surface area contributed by atoms with Crippen molar-refractivity contribution in [3.05, 3.63) is 23.8 Å². The number of hydrogen-bond acceptors (Lipinski definition) is 4. The first-order valence-corrected chi connectivity index (χ1v) is 6.78. The molecular weight excluding hydrogens is 256 g/mol. The van der Waals surface area contributed by atoms with Crippen molar-refractivity contribution < 1.29 is 14.3 Å². The van der Waals surface area contributed by atoms with E-state index < -0.39 is 6.10 Å². The molecule has 1 N–H and O–H groups in total. The van der Waals surface area contributed by atoms with Crippen LogP contribution in [-0.2, 0) is 4.79 Å². The molecule has 1 fully saturated rings. The van der Waals surface area contributed by atoms with E-state index in [0.29, 0.717) is 29.7 Å². The SMILES string of the molecule is CCOc1cc(C#N)ccc1OC(C)C(=O)NC1CC1. The van der Waals surface area contributed by atoms with Gasteiger partial charge in [0.2, 0.25) is 0 Å². The lowest BCUT2D eigenvalue weighted by Crippen LogP contribution is -2.37. The van der Waals surface area contributed by atoms with Crippen LogP contribution >= 0.6 is 0 Å². The van der Waals surface area contributed by atoms with Gasteiger partial charge in [-0.15, -0.1) is 0 Å². The minimum Gasteiger partial charge on any atom is -0.490 e. The van der Waals surface area contributed by atoms with Gasteiger partial charge in [-0.25, -0.2) is 0 Å². The number of amides is 1. The van der Waals surface area contributed by atoms with Crippen LogP contribution in [0.25, 0.3) is 0 Å². The Bertz CT molecular complexity index is 532. The molecule has 0 aromatic heterocycles. The van der Waals surface area contributed by atoms with Crippen LogP contribution in [0.1, 0.15) is 32.3 Å². The molecule has 0 radical (unpaired) electrons. The number of nitriles is 1. The fourth-order valence-electron chi connectivity index (χ4n) is 1.73. The summed E-state index contributed by atoms with van der Waals surface area (Å²) < 4.78 is 11.1. The van der Waals surface area contributed by atoms with Crippen molar-refractivity contribution in [1.29, 1.82) is 5.26 Å². The van der Waals surface area contributed by atoms with Gasteiger partial charge in [0.1, 0.15) is 0 Å². The number of hydrogen-bond donors (Lipinski definition) is 1. The highest BCUT2D eigenvalue weighted by Gasteiger charge is 2.26. The highest BCUT2D eigenvalue weighted by molar-refractivity contribution is 5.81. The maximum Gasteiger partial charge on any atom is 0.260 e. The van der Waals surface area contributed by atoms with Gasteiger partial charge in [0.15, 0.2) is 17.6 Å². The first-order valence-electron chi connectivity index (χ1n) is 6.78. The van der Waals surface area contributed by atoms with Crippen LogP contribution in [0.15, 0.2) is 18.2 Å². The van der Waals surface area contributed by atoms with Gasteiger partial charge in [-0.2, -0.15) is 5.26 Å². The van der Waals surface area contributed by atoms with Gasteiger partial charge in [-0.1, -0.05) is 0 Å². The summed E-state index contributed by atoms with van der Waals surface area (Å²) in [4.78, 5) is 11.9. The summed E-state index contributed by atoms with van der Waals surface area (Å²) in [5.74, 6) is 0.834. The van der Waals surface area contributed by atoms with E-state index in [1.165, 1.54) is 0 Å². The molecule has 1 aliphatic rings. The Morgan fingerprint density at radius 2 is 2.25 bits per heavy atom. The van der Waals surface area contributed by atoms with Crippen LogP contribution in [0.3, 0.4) is 0 Å². The molecule has 1 aromatic carbocycles. The Labute approximate surface area is 118 Å². The second-order valence-corrected chi connectivity index (χ2v) is 4.75. The Balaban J connectivity index is 2.06. The molecule has 1 aliphatic carbocycles. The zero-order chi connectivity index (χ0) is 14.5. The molecule has 1 aromatic rings. The molecule has 1 atom stereocenters. The number of benzene rings is 1. The molecule has 0 saturated heterocycles. The van der Waals surface area contributed by atoms with Crippen LogP contribution < -0.4 is 14.8 Å². The Morgan fingerprint density at radius 1 is 1.50 bits per heavy atom. The quantitative estimate of drug-likeness (QED) is 0.861. The molecule has 5 heteroatoms. The zero-order valence-electron chi connectivity index (χ0n) is 11.7. The topological polar surface area (TPSA) is 71.3 Å². The van der Waals surface area contributed by atoms with Crippen LogP contribution in [-0.4, -0.2) is 24.7 Å². The first-order chi connectivity index (χ1) is 9.63. The second kappa shape index (κ2) is 6.29. The summed E-state index contributed by atoms with van der Waals surface area (Å²) >= 11 is 0. The number of rotatable bonds is 6. The van der Waals surface area contributed by atoms with E-state index >= 15 is 0 Å². The number of nitrogens with zero attached hydrogens (tertiary/aromatic N) is 1. The molecule has 1 amide bonds. The first kappa shape index (κ1) is 14.2. The van der Waals surface area contributed by atoms with Crippen molar-refractivity contribution in [3.8, 4) is 17.6 Å². The number of nitrogens with one attached hydrogen (secondary N) is 1. The summed E-state index contributed by atoms with van der Waals surface area (Å²) in [5, 5.41) is 11.8. The summed E-state index contributed by atoms with van der Waals surface area (Å²) in [6, 6.07) is 7.27. The zero-order valence-corrected chi connectivity index (χ0v) is 11.7. The van der Waals surface area contributed by atoms with E-state index in [1.54, 1.807) is 25.1 Å². The maximum atomic E-state index is 11.9. The van der Waals surface area contributed by atoms with Crippen molar-refractivity contribution >= 4 is 5.91 Å². The molecule has 5 nitrogen and oxygen atoms in total. The van der Waals surface area contributed by atoms with E-state index in [9.17, 15) is 4.79 Å². The van der Waals surface area contributed by atoms with Crippen LogP contribution in [0, 0.1) is 11.3 Å². The molecule has 106 valence electrons. The van der Waals surface area contributed by atoms with Gasteiger partial charge in [-0.05, 0) is 38.8 Å². The predicted molar refractivity (Wildman–Crippen MR) is 73.6 cm³/mol. The maximum absolute atomic E-state index is 11.9. The fraction of sp³-hybridized carbons (Fsp3) is 0.467. The van der Waals surface area contributed by atoms with Crippen LogP contribution in [0.2, 0.25) is 0 Å². The van der Waals surface area contributed by atoms with Crippen molar-refractivity contribution in [2.24, 2.45) is 0 Å². The third-order valence-electron chi connectivity index (χ3n) is 2.97. The summed E-state index contributed by atoms with van der Waals surface area (Å²) in [6.45, 7) is 4.02. The van der Waals surface area contributed by atoms with Crippen molar-refractivity contribution in [1.82, 2.24) is 5.32 Å². The molecule has 0 aliphatic heterocycles. The molecule has 0 bridgehead atoms. The Morgan fingerprint density at radius 3 is 2.85 bits per heavy atom. The summed E-state index contributed by atoms with van der Waals surface area (Å²) in [6.07, 6.45) is 1.49. The molecular formula is C15H18N2O3. The summed E-state index contributed by atoms with van der Waals surface area (Å²) in [5.41, 5.74) is 0.496. The van der Waals surface area contributed by atoms with E-state index in [2.05, 4.69) is 5.32 Å². The molecule has 2 rings (SSSR count).